The van der Waals surface area contributed by atoms with Gasteiger partial charge in [-0.15, -0.1) is 11.3 Å². The molecule has 1 aliphatic rings. The number of alkyl halides is 3. The molecular formula is C23H16F3N4O5S-. The fraction of sp³-hybridized carbons (Fsp3) is 0.174. The van der Waals surface area contributed by atoms with E-state index >= 15 is 0 Å². The molecule has 1 saturated heterocycles. The largest absolute Gasteiger partial charge is 0.543 e. The number of aromatic carboxylic acids is 1. The first kappa shape index (κ1) is 24.9. The van der Waals surface area contributed by atoms with Crippen molar-refractivity contribution in [3.63, 3.8) is 0 Å². The number of carbonyl (C=O) groups excluding carboxylic acids is 4. The summed E-state index contributed by atoms with van der Waals surface area (Å²) < 4.78 is 38.7. The van der Waals surface area contributed by atoms with Crippen LogP contribution in [0.15, 0.2) is 60.0 Å². The minimum absolute atomic E-state index is 0.0791. The number of halogens is 3. The van der Waals surface area contributed by atoms with Crippen molar-refractivity contribution in [2.45, 2.75) is 24.7 Å². The van der Waals surface area contributed by atoms with Crippen LogP contribution in [-0.2, 0) is 22.2 Å². The third-order valence-corrected chi connectivity index (χ3v) is 6.13. The van der Waals surface area contributed by atoms with Crippen molar-refractivity contribution in [2.24, 2.45) is 0 Å². The van der Waals surface area contributed by atoms with Gasteiger partial charge in [-0.1, -0.05) is 42.5 Å². The summed E-state index contributed by atoms with van der Waals surface area (Å²) in [4.78, 5) is 54.6. The number of urea groups is 1. The van der Waals surface area contributed by atoms with E-state index in [0.29, 0.717) is 10.5 Å². The molecule has 4 rings (SSSR count). The van der Waals surface area contributed by atoms with Gasteiger partial charge >= 0.3 is 12.2 Å². The highest BCUT2D eigenvalue weighted by Crippen LogP contribution is 2.31. The van der Waals surface area contributed by atoms with E-state index in [0.717, 1.165) is 41.0 Å². The number of aromatic nitrogens is 1. The third kappa shape index (κ3) is 5.20. The number of anilines is 1. The van der Waals surface area contributed by atoms with Gasteiger partial charge < -0.3 is 20.5 Å². The maximum absolute atomic E-state index is 13.2. The van der Waals surface area contributed by atoms with Gasteiger partial charge in [0.25, 0.3) is 5.91 Å². The number of amides is 4. The van der Waals surface area contributed by atoms with E-state index in [1.165, 1.54) is 0 Å². The van der Waals surface area contributed by atoms with Crippen LogP contribution in [0.3, 0.4) is 0 Å². The zero-order valence-corrected chi connectivity index (χ0v) is 18.9. The normalized spacial score (nSPS) is 16.5. The Bertz CT molecular complexity index is 1310. The zero-order chi connectivity index (χ0) is 26.0. The van der Waals surface area contributed by atoms with E-state index in [2.05, 4.69) is 15.6 Å². The van der Waals surface area contributed by atoms with Gasteiger partial charge in [-0.05, 0) is 23.3 Å². The van der Waals surface area contributed by atoms with Crippen LogP contribution in [0.5, 0.6) is 0 Å². The lowest BCUT2D eigenvalue weighted by Crippen LogP contribution is -2.49. The maximum atomic E-state index is 13.2. The van der Waals surface area contributed by atoms with Gasteiger partial charge in [-0.25, -0.2) is 14.7 Å². The first-order valence-corrected chi connectivity index (χ1v) is 11.2. The Morgan fingerprint density at radius 2 is 1.78 bits per heavy atom. The molecule has 4 amide bonds. The molecule has 36 heavy (non-hydrogen) atoms. The number of thiazole rings is 1. The molecule has 0 radical (unpaired) electrons. The predicted molar refractivity (Wildman–Crippen MR) is 119 cm³/mol. The monoisotopic (exact) mass is 517 g/mol. The number of benzene rings is 2. The van der Waals surface area contributed by atoms with Gasteiger partial charge in [0.15, 0.2) is 5.13 Å². The molecule has 2 aromatic carbocycles. The second-order valence-electron chi connectivity index (χ2n) is 7.73. The molecule has 0 saturated carbocycles. The Labute approximate surface area is 205 Å². The molecule has 2 N–H and O–H groups in total. The molecular weight excluding hydrogens is 501 g/mol. The highest BCUT2D eigenvalue weighted by Gasteiger charge is 2.45. The van der Waals surface area contributed by atoms with Crippen molar-refractivity contribution >= 4 is 40.3 Å². The second-order valence-corrected chi connectivity index (χ2v) is 8.59. The molecule has 2 heterocycles. The minimum atomic E-state index is -4.57. The van der Waals surface area contributed by atoms with Crippen LogP contribution >= 0.6 is 11.3 Å². The Balaban J connectivity index is 1.61. The maximum Gasteiger partial charge on any atom is 0.416 e. The number of carboxylic acids is 1. The van der Waals surface area contributed by atoms with Gasteiger partial charge in [0.05, 0.1) is 17.2 Å². The molecule has 3 aromatic rings. The number of nitrogens with zero attached hydrogens (tertiary/aromatic N) is 2. The van der Waals surface area contributed by atoms with Crippen LogP contribution < -0.4 is 15.7 Å². The number of hydrogen-bond donors (Lipinski definition) is 2. The Kier molecular flexibility index (Phi) is 6.75. The summed E-state index contributed by atoms with van der Waals surface area (Å²) in [7, 11) is 0. The molecule has 9 nitrogen and oxygen atoms in total. The quantitative estimate of drug-likeness (QED) is 0.463. The van der Waals surface area contributed by atoms with Crippen LogP contribution in [-0.4, -0.2) is 39.7 Å². The fourth-order valence-electron chi connectivity index (χ4n) is 3.63. The van der Waals surface area contributed by atoms with Gasteiger partial charge in [0.1, 0.15) is 12.1 Å². The summed E-state index contributed by atoms with van der Waals surface area (Å²) in [5, 5.41) is 16.9. The summed E-state index contributed by atoms with van der Waals surface area (Å²) >= 11 is 0.815. The average molecular weight is 517 g/mol. The molecule has 1 aromatic heterocycles. The van der Waals surface area contributed by atoms with Crippen LogP contribution in [0, 0.1) is 0 Å². The van der Waals surface area contributed by atoms with Crippen molar-refractivity contribution in [1.29, 1.82) is 0 Å². The van der Waals surface area contributed by atoms with E-state index in [1.807, 2.05) is 0 Å². The third-order valence-electron chi connectivity index (χ3n) is 5.37. The summed E-state index contributed by atoms with van der Waals surface area (Å²) in [6.45, 7) is 0. The Morgan fingerprint density at radius 1 is 1.11 bits per heavy atom. The summed E-state index contributed by atoms with van der Waals surface area (Å²) in [6.07, 6.45) is -4.65. The van der Waals surface area contributed by atoms with E-state index in [4.69, 9.17) is 0 Å². The molecule has 13 heteroatoms. The van der Waals surface area contributed by atoms with Crippen LogP contribution in [0.4, 0.5) is 23.1 Å². The standard InChI is InChI=1S/C23H17F3N4O5S/c24-23(25,26)14-8-6-13(7-9-14)17-19(32)30(22(35)28-17)16(10-12-4-2-1-3-5-12)18(31)29-21-27-15(11-36-21)20(33)34/h1-9,11,16-17H,10H2,(H,28,35)(H,33,34)(H,27,29,31)/p-1/t16-,17?/m0/s1. The van der Waals surface area contributed by atoms with Gasteiger partial charge in [0.2, 0.25) is 5.91 Å². The van der Waals surface area contributed by atoms with Crippen molar-refractivity contribution in [2.75, 3.05) is 5.32 Å². The number of carbonyl (C=O) groups is 4. The number of imide groups is 1. The molecule has 0 bridgehead atoms. The topological polar surface area (TPSA) is 132 Å². The van der Waals surface area contributed by atoms with Gasteiger partial charge in [-0.3, -0.25) is 9.59 Å². The molecule has 1 aliphatic heterocycles. The van der Waals surface area contributed by atoms with Crippen molar-refractivity contribution < 1.29 is 37.5 Å². The first-order chi connectivity index (χ1) is 17.0. The average Bonchev–Trinajstić information content (AvgIpc) is 3.42. The molecule has 1 fully saturated rings. The lowest BCUT2D eigenvalue weighted by Gasteiger charge is -2.24. The molecule has 186 valence electrons. The minimum Gasteiger partial charge on any atom is -0.543 e. The van der Waals surface area contributed by atoms with Crippen LogP contribution in [0.25, 0.3) is 0 Å². The predicted octanol–water partition coefficient (Wildman–Crippen LogP) is 2.37. The SMILES string of the molecule is O=C([O-])c1csc(NC(=O)[C@H](Cc2ccccc2)N2C(=O)NC(c3ccc(C(F)(F)F)cc3)C2=O)n1. The zero-order valence-electron chi connectivity index (χ0n) is 18.1. The Hall–Kier alpha value is -4.26. The van der Waals surface area contributed by atoms with E-state index < -0.39 is 53.3 Å². The highest BCUT2D eigenvalue weighted by atomic mass is 32.1. The number of rotatable bonds is 7. The number of nitrogens with one attached hydrogen (secondary N) is 2. The van der Waals surface area contributed by atoms with Crippen LogP contribution in [0.1, 0.15) is 33.2 Å². The molecule has 0 aliphatic carbocycles. The lowest BCUT2D eigenvalue weighted by atomic mass is 10.0. The molecule has 2 atom stereocenters. The Morgan fingerprint density at radius 3 is 2.36 bits per heavy atom. The highest BCUT2D eigenvalue weighted by molar-refractivity contribution is 7.14. The number of hydrogen-bond acceptors (Lipinski definition) is 7. The van der Waals surface area contributed by atoms with Crippen molar-refractivity contribution in [3.05, 3.63) is 82.4 Å². The van der Waals surface area contributed by atoms with E-state index in [9.17, 15) is 37.5 Å². The fourth-order valence-corrected chi connectivity index (χ4v) is 4.31. The summed E-state index contributed by atoms with van der Waals surface area (Å²) in [5.74, 6) is -3.18. The van der Waals surface area contributed by atoms with E-state index in [-0.39, 0.29) is 17.1 Å². The second kappa shape index (κ2) is 9.77. The molecule has 0 spiro atoms. The van der Waals surface area contributed by atoms with Crippen molar-refractivity contribution in [3.8, 4) is 0 Å². The summed E-state index contributed by atoms with van der Waals surface area (Å²) in [5.41, 5.74) is -0.583. The van der Waals surface area contributed by atoms with Crippen molar-refractivity contribution in [1.82, 2.24) is 15.2 Å². The van der Waals surface area contributed by atoms with Gasteiger partial charge in [0, 0.05) is 11.8 Å². The number of carboxylic acid groups (broad SMARTS) is 1. The first-order valence-electron chi connectivity index (χ1n) is 10.4. The molecule has 1 unspecified atom stereocenters. The van der Waals surface area contributed by atoms with Gasteiger partial charge in [-0.2, -0.15) is 13.2 Å². The smallest absolute Gasteiger partial charge is 0.416 e. The lowest BCUT2D eigenvalue weighted by molar-refractivity contribution is -0.255. The van der Waals surface area contributed by atoms with E-state index in [1.54, 1.807) is 30.3 Å². The summed E-state index contributed by atoms with van der Waals surface area (Å²) in [6, 6.07) is 8.70. The van der Waals surface area contributed by atoms with Crippen LogP contribution in [0.2, 0.25) is 0 Å².